The van der Waals surface area contributed by atoms with Gasteiger partial charge in [-0.1, -0.05) is 24.3 Å². The molecule has 1 aromatic carbocycles. The first kappa shape index (κ1) is 18.1. The third kappa shape index (κ3) is 6.42. The van der Waals surface area contributed by atoms with Crippen LogP contribution in [0.2, 0.25) is 0 Å². The van der Waals surface area contributed by atoms with Crippen LogP contribution in [-0.4, -0.2) is 29.1 Å². The van der Waals surface area contributed by atoms with Gasteiger partial charge in [0.1, 0.15) is 11.6 Å². The summed E-state index contributed by atoms with van der Waals surface area (Å²) in [6, 6.07) is 12.6. The molecule has 0 bridgehead atoms. The van der Waals surface area contributed by atoms with Crippen LogP contribution in [0.1, 0.15) is 18.9 Å². The molecular weight excluding hydrogens is 320 g/mol. The number of aryl methyl sites for hydroxylation is 1. The maximum absolute atomic E-state index is 11.8. The number of rotatable bonds is 7. The zero-order valence-electron chi connectivity index (χ0n) is 14.2. The third-order valence-electron chi connectivity index (χ3n) is 3.17. The van der Waals surface area contributed by atoms with Crippen molar-refractivity contribution in [3.05, 3.63) is 54.2 Å². The number of nitrogens with zero attached hydrogens (tertiary/aromatic N) is 2. The minimum Gasteiger partial charge on any atom is -0.483 e. The molecule has 0 fully saturated rings. The normalized spacial score (nSPS) is 10.9. The van der Waals surface area contributed by atoms with Crippen LogP contribution in [0.4, 0.5) is 5.82 Å². The Morgan fingerprint density at radius 1 is 1.12 bits per heavy atom. The number of hydrogen-bond acceptors (Lipinski definition) is 5. The number of pyridine rings is 1. The summed E-state index contributed by atoms with van der Waals surface area (Å²) in [7, 11) is 0. The second-order valence-electron chi connectivity index (χ2n) is 5.38. The molecule has 130 valence electrons. The highest BCUT2D eigenvalue weighted by Crippen LogP contribution is 2.15. The van der Waals surface area contributed by atoms with Crippen molar-refractivity contribution in [1.82, 2.24) is 10.4 Å². The van der Waals surface area contributed by atoms with Crippen LogP contribution >= 0.6 is 0 Å². The topological polar surface area (TPSA) is 92.7 Å². The van der Waals surface area contributed by atoms with Crippen molar-refractivity contribution in [1.29, 1.82) is 0 Å². The Bertz CT molecular complexity index is 760. The fourth-order valence-corrected chi connectivity index (χ4v) is 1.95. The minimum atomic E-state index is -0.396. The van der Waals surface area contributed by atoms with E-state index in [1.54, 1.807) is 37.4 Å². The predicted octanol–water partition coefficient (Wildman–Crippen LogP) is 2.29. The maximum Gasteiger partial charge on any atom is 0.277 e. The van der Waals surface area contributed by atoms with Gasteiger partial charge in [0, 0.05) is 11.9 Å². The van der Waals surface area contributed by atoms with Crippen molar-refractivity contribution in [3.8, 4) is 5.75 Å². The van der Waals surface area contributed by atoms with Crippen molar-refractivity contribution < 1.29 is 14.3 Å². The lowest BCUT2D eigenvalue weighted by Crippen LogP contribution is -2.26. The second-order valence-corrected chi connectivity index (χ2v) is 5.38. The van der Waals surface area contributed by atoms with E-state index in [1.165, 1.54) is 0 Å². The predicted molar refractivity (Wildman–Crippen MR) is 95.4 cm³/mol. The van der Waals surface area contributed by atoms with Gasteiger partial charge in [-0.25, -0.2) is 10.4 Å². The number of hydrogen-bond donors (Lipinski definition) is 2. The molecule has 0 radical (unpaired) electrons. The van der Waals surface area contributed by atoms with Crippen molar-refractivity contribution >= 4 is 23.3 Å². The molecule has 7 nitrogen and oxygen atoms in total. The molecule has 2 rings (SSSR count). The van der Waals surface area contributed by atoms with E-state index in [0.717, 1.165) is 5.56 Å². The van der Waals surface area contributed by atoms with E-state index in [9.17, 15) is 9.59 Å². The summed E-state index contributed by atoms with van der Waals surface area (Å²) in [6.45, 7) is 3.40. The number of benzene rings is 1. The SMILES string of the molecule is C/C(CC(=O)Nc1ccccn1)=N/NC(=O)COc1ccccc1C. The average Bonchev–Trinajstić information content (AvgIpc) is 2.60. The molecule has 2 aromatic rings. The summed E-state index contributed by atoms with van der Waals surface area (Å²) in [4.78, 5) is 27.6. The van der Waals surface area contributed by atoms with Crippen molar-refractivity contribution in [3.63, 3.8) is 0 Å². The van der Waals surface area contributed by atoms with Crippen LogP contribution < -0.4 is 15.5 Å². The standard InChI is InChI=1S/C18H20N4O3/c1-13-7-3-4-8-15(13)25-12-18(24)22-21-14(2)11-17(23)20-16-9-5-6-10-19-16/h3-10H,11-12H2,1-2H3,(H,22,24)(H,19,20,23)/b21-14-. The van der Waals surface area contributed by atoms with Gasteiger partial charge in [0.05, 0.1) is 6.42 Å². The molecule has 25 heavy (non-hydrogen) atoms. The lowest BCUT2D eigenvalue weighted by Gasteiger charge is -2.08. The van der Waals surface area contributed by atoms with Crippen molar-refractivity contribution in [2.24, 2.45) is 5.10 Å². The highest BCUT2D eigenvalue weighted by molar-refractivity contribution is 6.05. The highest BCUT2D eigenvalue weighted by atomic mass is 16.5. The largest absolute Gasteiger partial charge is 0.483 e. The smallest absolute Gasteiger partial charge is 0.277 e. The van der Waals surface area contributed by atoms with Crippen LogP contribution in [-0.2, 0) is 9.59 Å². The molecule has 2 amide bonds. The fourth-order valence-electron chi connectivity index (χ4n) is 1.95. The number of ether oxygens (including phenoxy) is 1. The number of carbonyl (C=O) groups is 2. The zero-order chi connectivity index (χ0) is 18.1. The molecule has 1 aromatic heterocycles. The first-order valence-corrected chi connectivity index (χ1v) is 7.76. The van der Waals surface area contributed by atoms with Crippen molar-refractivity contribution in [2.45, 2.75) is 20.3 Å². The summed E-state index contributed by atoms with van der Waals surface area (Å²) in [5, 5.41) is 6.54. The Labute approximate surface area is 146 Å². The molecule has 0 aliphatic rings. The van der Waals surface area contributed by atoms with Gasteiger partial charge in [-0.3, -0.25) is 9.59 Å². The van der Waals surface area contributed by atoms with E-state index in [0.29, 0.717) is 17.3 Å². The van der Waals surface area contributed by atoms with E-state index in [-0.39, 0.29) is 18.9 Å². The molecule has 1 heterocycles. The van der Waals surface area contributed by atoms with Gasteiger partial charge in [0.2, 0.25) is 5.91 Å². The Morgan fingerprint density at radius 2 is 1.88 bits per heavy atom. The number of hydrazone groups is 1. The summed E-state index contributed by atoms with van der Waals surface area (Å²) >= 11 is 0. The van der Waals surface area contributed by atoms with Crippen LogP contribution in [0.3, 0.4) is 0 Å². The van der Waals surface area contributed by atoms with Crippen LogP contribution in [0.5, 0.6) is 5.75 Å². The van der Waals surface area contributed by atoms with Gasteiger partial charge in [-0.05, 0) is 37.6 Å². The fraction of sp³-hybridized carbons (Fsp3) is 0.222. The number of aromatic nitrogens is 1. The summed E-state index contributed by atoms with van der Waals surface area (Å²) < 4.78 is 5.42. The first-order valence-electron chi connectivity index (χ1n) is 7.76. The van der Waals surface area contributed by atoms with E-state index in [4.69, 9.17) is 4.74 Å². The van der Waals surface area contributed by atoms with E-state index >= 15 is 0 Å². The third-order valence-corrected chi connectivity index (χ3v) is 3.17. The van der Waals surface area contributed by atoms with Crippen LogP contribution in [0, 0.1) is 6.92 Å². The summed E-state index contributed by atoms with van der Waals surface area (Å²) in [5.74, 6) is 0.460. The lowest BCUT2D eigenvalue weighted by atomic mass is 10.2. The van der Waals surface area contributed by atoms with E-state index in [2.05, 4.69) is 20.8 Å². The summed E-state index contributed by atoms with van der Waals surface area (Å²) in [6.07, 6.45) is 1.64. The Hall–Kier alpha value is -3.22. The number of carbonyl (C=O) groups excluding carboxylic acids is 2. The number of para-hydroxylation sites is 1. The van der Waals surface area contributed by atoms with E-state index < -0.39 is 5.91 Å². The molecule has 0 saturated carbocycles. The number of nitrogens with one attached hydrogen (secondary N) is 2. The molecule has 0 aliphatic heterocycles. The van der Waals surface area contributed by atoms with Crippen LogP contribution in [0.25, 0.3) is 0 Å². The van der Waals surface area contributed by atoms with Gasteiger partial charge in [0.25, 0.3) is 5.91 Å². The van der Waals surface area contributed by atoms with Gasteiger partial charge in [0.15, 0.2) is 6.61 Å². The van der Waals surface area contributed by atoms with Gasteiger partial charge >= 0.3 is 0 Å². The molecule has 0 aliphatic carbocycles. The second kappa shape index (κ2) is 9.17. The molecule has 0 unspecified atom stereocenters. The Balaban J connectivity index is 1.75. The molecule has 0 atom stereocenters. The molecule has 2 N–H and O–H groups in total. The minimum absolute atomic E-state index is 0.0511. The number of anilines is 1. The monoisotopic (exact) mass is 340 g/mol. The summed E-state index contributed by atoms with van der Waals surface area (Å²) in [5.41, 5.74) is 3.79. The molecule has 7 heteroatoms. The highest BCUT2D eigenvalue weighted by Gasteiger charge is 2.07. The van der Waals surface area contributed by atoms with Crippen molar-refractivity contribution in [2.75, 3.05) is 11.9 Å². The van der Waals surface area contributed by atoms with Gasteiger partial charge in [-0.15, -0.1) is 0 Å². The quantitative estimate of drug-likeness (QED) is 0.597. The van der Waals surface area contributed by atoms with Crippen LogP contribution in [0.15, 0.2) is 53.8 Å². The molecular formula is C18H20N4O3. The van der Waals surface area contributed by atoms with E-state index in [1.807, 2.05) is 25.1 Å². The molecule has 0 saturated heterocycles. The Morgan fingerprint density at radius 3 is 2.60 bits per heavy atom. The number of amides is 2. The van der Waals surface area contributed by atoms with Gasteiger partial charge < -0.3 is 10.1 Å². The molecule has 0 spiro atoms. The van der Waals surface area contributed by atoms with Gasteiger partial charge in [-0.2, -0.15) is 5.10 Å². The maximum atomic E-state index is 11.8. The zero-order valence-corrected chi connectivity index (χ0v) is 14.2. The lowest BCUT2D eigenvalue weighted by molar-refractivity contribution is -0.123. The first-order chi connectivity index (χ1) is 12.0. The Kier molecular flexibility index (Phi) is 6.65. The average molecular weight is 340 g/mol.